The zero-order valence-corrected chi connectivity index (χ0v) is 14.2. The number of methoxy groups -OCH3 is 1. The molecule has 0 atom stereocenters. The van der Waals surface area contributed by atoms with Crippen LogP contribution in [0.25, 0.3) is 0 Å². The Morgan fingerprint density at radius 2 is 1.83 bits per heavy atom. The summed E-state index contributed by atoms with van der Waals surface area (Å²) < 4.78 is 5.11. The highest BCUT2D eigenvalue weighted by molar-refractivity contribution is 7.14. The summed E-state index contributed by atoms with van der Waals surface area (Å²) in [6.07, 6.45) is 1.94. The first-order valence-corrected chi connectivity index (χ1v) is 8.39. The number of ketones is 1. The van der Waals surface area contributed by atoms with Gasteiger partial charge in [-0.05, 0) is 49.6 Å². The van der Waals surface area contributed by atoms with Crippen molar-refractivity contribution < 1.29 is 14.3 Å². The number of thiophene rings is 1. The molecule has 0 saturated carbocycles. The third kappa shape index (κ3) is 5.53. The summed E-state index contributed by atoms with van der Waals surface area (Å²) in [5, 5.41) is 2.92. The Labute approximate surface area is 140 Å². The molecule has 0 fully saturated rings. The highest BCUT2D eigenvalue weighted by Crippen LogP contribution is 2.17. The second-order valence-corrected chi connectivity index (χ2v) is 6.44. The van der Waals surface area contributed by atoms with Gasteiger partial charge in [0.15, 0.2) is 5.78 Å². The summed E-state index contributed by atoms with van der Waals surface area (Å²) in [5.41, 5.74) is 1.12. The number of aryl methyl sites for hydroxylation is 1. The average Bonchev–Trinajstić information content (AvgIpc) is 3.02. The lowest BCUT2D eigenvalue weighted by Crippen LogP contribution is -2.25. The maximum absolute atomic E-state index is 11.9. The standard InChI is InChI=1S/C18H21NO3S/c1-13(20)17-9-8-16(23-17)11-12-19-18(21)10-5-14-3-6-15(22-2)7-4-14/h3-4,6-9H,5,10-12H2,1-2H3,(H,19,21). The molecule has 23 heavy (non-hydrogen) atoms. The molecular formula is C18H21NO3S. The molecule has 1 aromatic heterocycles. The first-order valence-electron chi connectivity index (χ1n) is 7.58. The van der Waals surface area contributed by atoms with E-state index in [1.54, 1.807) is 14.0 Å². The van der Waals surface area contributed by atoms with Crippen molar-refractivity contribution in [2.75, 3.05) is 13.7 Å². The number of ether oxygens (including phenoxy) is 1. The molecule has 1 heterocycles. The summed E-state index contributed by atoms with van der Waals surface area (Å²) in [7, 11) is 1.63. The number of carbonyl (C=O) groups is 2. The van der Waals surface area contributed by atoms with Crippen LogP contribution < -0.4 is 10.1 Å². The van der Waals surface area contributed by atoms with Crippen LogP contribution >= 0.6 is 11.3 Å². The van der Waals surface area contributed by atoms with Crippen LogP contribution in [0.2, 0.25) is 0 Å². The molecule has 0 unspecified atom stereocenters. The van der Waals surface area contributed by atoms with Gasteiger partial charge in [0.05, 0.1) is 12.0 Å². The van der Waals surface area contributed by atoms with Gasteiger partial charge in [0.1, 0.15) is 5.75 Å². The molecule has 2 aromatic rings. The highest BCUT2D eigenvalue weighted by atomic mass is 32.1. The van der Waals surface area contributed by atoms with Crippen molar-refractivity contribution in [1.82, 2.24) is 5.32 Å². The van der Waals surface area contributed by atoms with E-state index in [0.717, 1.165) is 27.5 Å². The Bertz CT molecular complexity index is 661. The molecule has 0 aliphatic rings. The lowest BCUT2D eigenvalue weighted by Gasteiger charge is -2.05. The fourth-order valence-electron chi connectivity index (χ4n) is 2.17. The third-order valence-electron chi connectivity index (χ3n) is 3.50. The van der Waals surface area contributed by atoms with Crippen LogP contribution in [-0.2, 0) is 17.6 Å². The summed E-state index contributed by atoms with van der Waals surface area (Å²) >= 11 is 1.49. The maximum atomic E-state index is 11.9. The SMILES string of the molecule is COc1ccc(CCC(=O)NCCc2ccc(C(C)=O)s2)cc1. The zero-order chi connectivity index (χ0) is 16.7. The highest BCUT2D eigenvalue weighted by Gasteiger charge is 2.06. The van der Waals surface area contributed by atoms with E-state index in [1.165, 1.54) is 11.3 Å². The number of carbonyl (C=O) groups excluding carboxylic acids is 2. The van der Waals surface area contributed by atoms with Crippen LogP contribution in [0, 0.1) is 0 Å². The monoisotopic (exact) mass is 331 g/mol. The minimum Gasteiger partial charge on any atom is -0.497 e. The second-order valence-electron chi connectivity index (χ2n) is 5.27. The van der Waals surface area contributed by atoms with E-state index in [1.807, 2.05) is 36.4 Å². The number of nitrogens with one attached hydrogen (secondary N) is 1. The summed E-state index contributed by atoms with van der Waals surface area (Å²) in [4.78, 5) is 25.0. The largest absolute Gasteiger partial charge is 0.497 e. The minimum absolute atomic E-state index is 0.0455. The van der Waals surface area contributed by atoms with E-state index in [4.69, 9.17) is 4.74 Å². The molecule has 0 aliphatic heterocycles. The molecule has 0 saturated heterocycles. The van der Waals surface area contributed by atoms with Gasteiger partial charge in [-0.25, -0.2) is 0 Å². The van der Waals surface area contributed by atoms with E-state index in [-0.39, 0.29) is 11.7 Å². The normalized spacial score (nSPS) is 10.3. The Morgan fingerprint density at radius 1 is 1.09 bits per heavy atom. The van der Waals surface area contributed by atoms with Crippen molar-refractivity contribution >= 4 is 23.0 Å². The Kier molecular flexibility index (Phi) is 6.35. The zero-order valence-electron chi connectivity index (χ0n) is 13.4. The van der Waals surface area contributed by atoms with Gasteiger partial charge < -0.3 is 10.1 Å². The fourth-order valence-corrected chi connectivity index (χ4v) is 3.07. The molecule has 1 aromatic carbocycles. The van der Waals surface area contributed by atoms with Gasteiger partial charge in [-0.15, -0.1) is 11.3 Å². The van der Waals surface area contributed by atoms with E-state index in [0.29, 0.717) is 19.4 Å². The van der Waals surface area contributed by atoms with Crippen LogP contribution in [0.5, 0.6) is 5.75 Å². The van der Waals surface area contributed by atoms with Crippen molar-refractivity contribution in [2.45, 2.75) is 26.2 Å². The number of hydrogen-bond acceptors (Lipinski definition) is 4. The van der Waals surface area contributed by atoms with Crippen LogP contribution in [0.15, 0.2) is 36.4 Å². The predicted molar refractivity (Wildman–Crippen MR) is 92.4 cm³/mol. The van der Waals surface area contributed by atoms with Gasteiger partial charge in [0.25, 0.3) is 0 Å². The first kappa shape index (κ1) is 17.2. The van der Waals surface area contributed by atoms with E-state index < -0.39 is 0 Å². The van der Waals surface area contributed by atoms with Crippen molar-refractivity contribution in [2.24, 2.45) is 0 Å². The lowest BCUT2D eigenvalue weighted by atomic mass is 10.1. The van der Waals surface area contributed by atoms with Crippen LogP contribution in [0.4, 0.5) is 0 Å². The maximum Gasteiger partial charge on any atom is 0.220 e. The number of rotatable bonds is 8. The molecule has 1 N–H and O–H groups in total. The summed E-state index contributed by atoms with van der Waals surface area (Å²) in [6, 6.07) is 11.5. The average molecular weight is 331 g/mol. The number of amides is 1. The van der Waals surface area contributed by atoms with Gasteiger partial charge in [-0.2, -0.15) is 0 Å². The van der Waals surface area contributed by atoms with Crippen LogP contribution in [0.1, 0.15) is 33.5 Å². The van der Waals surface area contributed by atoms with E-state index in [2.05, 4.69) is 5.32 Å². The van der Waals surface area contributed by atoms with Gasteiger partial charge in [0.2, 0.25) is 5.91 Å². The second kappa shape index (κ2) is 8.48. The molecule has 0 aliphatic carbocycles. The molecule has 5 heteroatoms. The number of hydrogen-bond donors (Lipinski definition) is 1. The van der Waals surface area contributed by atoms with Gasteiger partial charge in [-0.1, -0.05) is 12.1 Å². The molecule has 0 spiro atoms. The first-order chi connectivity index (χ1) is 11.1. The lowest BCUT2D eigenvalue weighted by molar-refractivity contribution is -0.121. The number of benzene rings is 1. The van der Waals surface area contributed by atoms with Gasteiger partial charge in [0, 0.05) is 17.8 Å². The van der Waals surface area contributed by atoms with Crippen molar-refractivity contribution in [3.05, 3.63) is 51.7 Å². The quantitative estimate of drug-likeness (QED) is 0.756. The van der Waals surface area contributed by atoms with E-state index >= 15 is 0 Å². The van der Waals surface area contributed by atoms with Gasteiger partial charge in [-0.3, -0.25) is 9.59 Å². The Balaban J connectivity index is 1.69. The number of Topliss-reactive ketones (excluding diaryl/α,β-unsaturated/α-hetero) is 1. The Hall–Kier alpha value is -2.14. The van der Waals surface area contributed by atoms with Crippen molar-refractivity contribution in [1.29, 1.82) is 0 Å². The van der Waals surface area contributed by atoms with Crippen molar-refractivity contribution in [3.63, 3.8) is 0 Å². The Morgan fingerprint density at radius 3 is 2.43 bits per heavy atom. The van der Waals surface area contributed by atoms with Crippen LogP contribution in [0.3, 0.4) is 0 Å². The fraction of sp³-hybridized carbons (Fsp3) is 0.333. The van der Waals surface area contributed by atoms with Crippen LogP contribution in [-0.4, -0.2) is 25.3 Å². The molecule has 1 amide bonds. The molecule has 0 bridgehead atoms. The molecule has 2 rings (SSSR count). The van der Waals surface area contributed by atoms with E-state index in [9.17, 15) is 9.59 Å². The molecule has 122 valence electrons. The summed E-state index contributed by atoms with van der Waals surface area (Å²) in [5.74, 6) is 0.952. The summed E-state index contributed by atoms with van der Waals surface area (Å²) in [6.45, 7) is 2.16. The molecule has 4 nitrogen and oxygen atoms in total. The predicted octanol–water partition coefficient (Wildman–Crippen LogP) is 3.25. The molecule has 0 radical (unpaired) electrons. The van der Waals surface area contributed by atoms with Gasteiger partial charge >= 0.3 is 0 Å². The minimum atomic E-state index is 0.0455. The molecular weight excluding hydrogens is 310 g/mol. The van der Waals surface area contributed by atoms with Crippen molar-refractivity contribution in [3.8, 4) is 5.75 Å². The topological polar surface area (TPSA) is 55.4 Å². The smallest absolute Gasteiger partial charge is 0.220 e. The third-order valence-corrected chi connectivity index (χ3v) is 4.75.